The number of benzene rings is 3. The molecule has 8 heteroatoms. The summed E-state index contributed by atoms with van der Waals surface area (Å²) in [6, 6.07) is 24.5. The molecule has 0 aliphatic carbocycles. The molecule has 0 spiro atoms. The second-order valence-electron chi connectivity index (χ2n) is 12.1. The van der Waals surface area contributed by atoms with E-state index in [1.165, 1.54) is 0 Å². The van der Waals surface area contributed by atoms with Gasteiger partial charge in [-0.05, 0) is 54.2 Å². The quantitative estimate of drug-likeness (QED) is 0.412. The predicted octanol–water partition coefficient (Wildman–Crippen LogP) is 4.11. The van der Waals surface area contributed by atoms with E-state index in [1.807, 2.05) is 106 Å². The van der Waals surface area contributed by atoms with Gasteiger partial charge in [-0.25, -0.2) is 0 Å². The Balaban J connectivity index is 1.35. The molecule has 224 valence electrons. The topological polar surface area (TPSA) is 90.0 Å². The smallest absolute Gasteiger partial charge is 0.251 e. The first kappa shape index (κ1) is 30.0. The van der Waals surface area contributed by atoms with Crippen LogP contribution >= 0.6 is 0 Å². The Bertz CT molecular complexity index is 1420. The van der Waals surface area contributed by atoms with Crippen molar-refractivity contribution in [2.75, 3.05) is 32.1 Å². The molecule has 0 aromatic heterocycles. The molecular formula is C35H40N4O4. The predicted molar refractivity (Wildman–Crippen MR) is 167 cm³/mol. The summed E-state index contributed by atoms with van der Waals surface area (Å²) >= 11 is 0. The van der Waals surface area contributed by atoms with Crippen LogP contribution in [0.25, 0.3) is 0 Å². The van der Waals surface area contributed by atoms with Crippen molar-refractivity contribution >= 4 is 29.2 Å². The highest BCUT2D eigenvalue weighted by molar-refractivity contribution is 6.02. The van der Waals surface area contributed by atoms with Crippen LogP contribution in [0.3, 0.4) is 0 Å². The Morgan fingerprint density at radius 3 is 1.95 bits per heavy atom. The van der Waals surface area contributed by atoms with Gasteiger partial charge in [0, 0.05) is 31.9 Å². The Kier molecular flexibility index (Phi) is 8.94. The molecule has 5 rings (SSSR count). The van der Waals surface area contributed by atoms with Gasteiger partial charge in [-0.2, -0.15) is 0 Å². The molecule has 0 radical (unpaired) electrons. The highest BCUT2D eigenvalue weighted by atomic mass is 16.2. The number of amides is 3. The van der Waals surface area contributed by atoms with Crippen LogP contribution in [-0.2, 0) is 14.4 Å². The highest BCUT2D eigenvalue weighted by Gasteiger charge is 2.53. The van der Waals surface area contributed by atoms with Crippen molar-refractivity contribution in [3.8, 4) is 0 Å². The number of carbonyl (C=O) groups excluding carboxylic acids is 4. The number of anilines is 1. The molecule has 2 aliphatic rings. The number of fused-ring (bicyclic) bond motifs is 1. The van der Waals surface area contributed by atoms with Crippen LogP contribution in [0.4, 0.5) is 5.69 Å². The van der Waals surface area contributed by atoms with Crippen LogP contribution < -0.4 is 10.2 Å². The zero-order valence-corrected chi connectivity index (χ0v) is 25.3. The number of hydrogen-bond donors (Lipinski definition) is 1. The van der Waals surface area contributed by atoms with Crippen molar-refractivity contribution in [1.29, 1.82) is 0 Å². The summed E-state index contributed by atoms with van der Waals surface area (Å²) in [6.07, 6.45) is 0.952. The zero-order valence-electron chi connectivity index (χ0n) is 25.3. The molecule has 43 heavy (non-hydrogen) atoms. The second kappa shape index (κ2) is 12.8. The maximum Gasteiger partial charge on any atom is 0.251 e. The summed E-state index contributed by atoms with van der Waals surface area (Å²) in [6.45, 7) is 4.32. The van der Waals surface area contributed by atoms with E-state index in [9.17, 15) is 19.2 Å². The van der Waals surface area contributed by atoms with Crippen molar-refractivity contribution in [1.82, 2.24) is 15.1 Å². The third kappa shape index (κ3) is 6.33. The molecule has 2 aliphatic heterocycles. The van der Waals surface area contributed by atoms with Gasteiger partial charge in [-0.1, -0.05) is 74.5 Å². The Morgan fingerprint density at radius 1 is 0.837 bits per heavy atom. The number of carbonyl (C=O) groups is 4. The third-order valence-electron chi connectivity index (χ3n) is 8.46. The summed E-state index contributed by atoms with van der Waals surface area (Å²) in [7, 11) is 3.86. The summed E-state index contributed by atoms with van der Waals surface area (Å²) in [5.74, 6) is -1.30. The molecule has 3 amide bonds. The van der Waals surface area contributed by atoms with Gasteiger partial charge >= 0.3 is 0 Å². The first-order valence-electron chi connectivity index (χ1n) is 15.0. The first-order valence-corrected chi connectivity index (χ1v) is 15.0. The third-order valence-corrected chi connectivity index (χ3v) is 8.46. The SMILES string of the molecule is CC(C)C[C@H](NC(=O)c1ccc(N(C)C)cc1)C(=O)N1CC[C@@H]2[C@H]1C(=O)CN2C(=O)C(c1ccccc1)c1ccccc1. The molecule has 0 bridgehead atoms. The van der Waals surface area contributed by atoms with Crippen LogP contribution in [0.5, 0.6) is 0 Å². The minimum absolute atomic E-state index is 0.0342. The van der Waals surface area contributed by atoms with Crippen LogP contribution in [0.2, 0.25) is 0 Å². The van der Waals surface area contributed by atoms with E-state index in [2.05, 4.69) is 5.32 Å². The normalized spacial score (nSPS) is 18.6. The van der Waals surface area contributed by atoms with Crippen LogP contribution in [0, 0.1) is 5.92 Å². The minimum Gasteiger partial charge on any atom is -0.378 e. The van der Waals surface area contributed by atoms with E-state index in [1.54, 1.807) is 21.9 Å². The summed E-state index contributed by atoms with van der Waals surface area (Å²) in [5, 5.41) is 2.94. The van der Waals surface area contributed by atoms with Gasteiger partial charge in [0.25, 0.3) is 5.91 Å². The Morgan fingerprint density at radius 2 is 1.42 bits per heavy atom. The van der Waals surface area contributed by atoms with Crippen LogP contribution in [0.15, 0.2) is 84.9 Å². The van der Waals surface area contributed by atoms with Crippen molar-refractivity contribution in [3.05, 3.63) is 102 Å². The lowest BCUT2D eigenvalue weighted by Gasteiger charge is -2.30. The van der Waals surface area contributed by atoms with Crippen molar-refractivity contribution < 1.29 is 19.2 Å². The number of hydrogen-bond acceptors (Lipinski definition) is 5. The molecular weight excluding hydrogens is 540 g/mol. The fourth-order valence-electron chi connectivity index (χ4n) is 6.34. The van der Waals surface area contributed by atoms with Gasteiger partial charge in [0.2, 0.25) is 11.8 Å². The Labute approximate surface area is 253 Å². The molecule has 2 fully saturated rings. The maximum absolute atomic E-state index is 14.2. The van der Waals surface area contributed by atoms with E-state index >= 15 is 0 Å². The minimum atomic E-state index is -0.779. The summed E-state index contributed by atoms with van der Waals surface area (Å²) in [4.78, 5) is 60.1. The zero-order chi connectivity index (χ0) is 30.7. The largest absolute Gasteiger partial charge is 0.378 e. The molecule has 3 atom stereocenters. The molecule has 2 heterocycles. The van der Waals surface area contributed by atoms with Gasteiger partial charge in [0.05, 0.1) is 18.5 Å². The van der Waals surface area contributed by atoms with E-state index in [0.29, 0.717) is 24.9 Å². The molecule has 2 saturated heterocycles. The van der Waals surface area contributed by atoms with Crippen molar-refractivity contribution in [2.24, 2.45) is 5.92 Å². The number of ketones is 1. The van der Waals surface area contributed by atoms with Gasteiger partial charge in [0.1, 0.15) is 12.1 Å². The molecule has 0 unspecified atom stereocenters. The molecule has 3 aromatic carbocycles. The highest BCUT2D eigenvalue weighted by Crippen LogP contribution is 2.35. The van der Waals surface area contributed by atoms with Gasteiger partial charge < -0.3 is 20.0 Å². The van der Waals surface area contributed by atoms with Crippen molar-refractivity contribution in [3.63, 3.8) is 0 Å². The lowest BCUT2D eigenvalue weighted by Crippen LogP contribution is -2.53. The lowest BCUT2D eigenvalue weighted by molar-refractivity contribution is -0.138. The number of nitrogens with zero attached hydrogens (tertiary/aromatic N) is 3. The summed E-state index contributed by atoms with van der Waals surface area (Å²) in [5.41, 5.74) is 3.15. The number of rotatable bonds is 9. The fraction of sp³-hybridized carbons (Fsp3) is 0.371. The monoisotopic (exact) mass is 580 g/mol. The number of nitrogens with one attached hydrogen (secondary N) is 1. The van der Waals surface area contributed by atoms with Gasteiger partial charge in [-0.3, -0.25) is 19.2 Å². The lowest BCUT2D eigenvalue weighted by atomic mass is 9.89. The molecule has 1 N–H and O–H groups in total. The molecule has 8 nitrogen and oxygen atoms in total. The first-order chi connectivity index (χ1) is 20.7. The van der Waals surface area contributed by atoms with Gasteiger partial charge in [-0.15, -0.1) is 0 Å². The second-order valence-corrected chi connectivity index (χ2v) is 12.1. The fourth-order valence-corrected chi connectivity index (χ4v) is 6.34. The number of likely N-dealkylation sites (tertiary alicyclic amines) is 2. The van der Waals surface area contributed by atoms with Crippen LogP contribution in [-0.4, -0.2) is 78.6 Å². The van der Waals surface area contributed by atoms with Gasteiger partial charge in [0.15, 0.2) is 5.78 Å². The maximum atomic E-state index is 14.2. The van der Waals surface area contributed by atoms with E-state index in [0.717, 1.165) is 16.8 Å². The Hall–Kier alpha value is -4.46. The average Bonchev–Trinajstić information content (AvgIpc) is 3.58. The van der Waals surface area contributed by atoms with Crippen LogP contribution in [0.1, 0.15) is 54.1 Å². The number of Topliss-reactive ketones (excluding diaryl/α,β-unsaturated/α-hetero) is 1. The van der Waals surface area contributed by atoms with E-state index in [4.69, 9.17) is 0 Å². The standard InChI is InChI=1S/C35H40N4O4/c1-23(2)21-28(36-33(41)26-15-17-27(18-16-26)37(3)4)34(42)38-20-19-29-32(38)30(40)22-39(29)35(43)31(24-11-7-5-8-12-24)25-13-9-6-10-14-25/h5-18,23,28-29,31-32H,19-22H2,1-4H3,(H,36,41)/t28-,29+,32-/m0/s1. The van der Waals surface area contributed by atoms with Crippen molar-refractivity contribution in [2.45, 2.75) is 50.7 Å². The summed E-state index contributed by atoms with van der Waals surface area (Å²) < 4.78 is 0. The van der Waals surface area contributed by atoms with E-state index in [-0.39, 0.29) is 36.0 Å². The van der Waals surface area contributed by atoms with E-state index < -0.39 is 24.0 Å². The molecule has 3 aromatic rings. The molecule has 0 saturated carbocycles. The average molecular weight is 581 g/mol.